The number of likely N-dealkylation sites (N-methyl/N-ethyl adjacent to an activating group) is 1. The summed E-state index contributed by atoms with van der Waals surface area (Å²) in [6, 6.07) is 13.5. The van der Waals surface area contributed by atoms with Crippen LogP contribution >= 0.6 is 15.9 Å². The third-order valence-corrected chi connectivity index (χ3v) is 4.55. The number of halogens is 1. The fourth-order valence-corrected chi connectivity index (χ4v) is 3.31. The van der Waals surface area contributed by atoms with E-state index < -0.39 is 0 Å². The molecule has 1 heterocycles. The highest BCUT2D eigenvalue weighted by Crippen LogP contribution is 2.31. The van der Waals surface area contributed by atoms with Crippen LogP contribution in [0.2, 0.25) is 0 Å². The number of nitrogens with zero attached hydrogens (tertiary/aromatic N) is 1. The van der Waals surface area contributed by atoms with E-state index in [9.17, 15) is 4.79 Å². The predicted molar refractivity (Wildman–Crippen MR) is 101 cm³/mol. The lowest BCUT2D eigenvalue weighted by atomic mass is 10.2. The molecule has 132 valence electrons. The largest absolute Gasteiger partial charge is 0.486 e. The Bertz CT molecular complexity index is 766. The maximum absolute atomic E-state index is 12.3. The van der Waals surface area contributed by atoms with Crippen molar-refractivity contribution in [3.8, 4) is 11.5 Å². The van der Waals surface area contributed by atoms with Crippen molar-refractivity contribution in [2.45, 2.75) is 13.0 Å². The van der Waals surface area contributed by atoms with Crippen LogP contribution in [-0.4, -0.2) is 43.7 Å². The molecular formula is C19H21BrN2O3. The van der Waals surface area contributed by atoms with Gasteiger partial charge in [0.15, 0.2) is 11.5 Å². The van der Waals surface area contributed by atoms with Gasteiger partial charge in [0.25, 0.3) is 0 Å². The monoisotopic (exact) mass is 404 g/mol. The minimum atomic E-state index is -0.0983. The Kier molecular flexibility index (Phi) is 5.60. The quantitative estimate of drug-likeness (QED) is 0.828. The number of nitrogens with one attached hydrogen (secondary N) is 1. The van der Waals surface area contributed by atoms with Crippen LogP contribution in [0.25, 0.3) is 0 Å². The van der Waals surface area contributed by atoms with Gasteiger partial charge in [0.2, 0.25) is 5.91 Å². The standard InChI is InChI=1S/C19H21BrN2O3/c1-13-7-8-16(15(20)9-13)21-19(23)11-22(2)10-14-12-24-17-5-3-4-6-18(17)25-14/h3-9,14H,10-12H2,1-2H3,(H,21,23). The molecular weight excluding hydrogens is 384 g/mol. The first-order valence-electron chi connectivity index (χ1n) is 8.14. The summed E-state index contributed by atoms with van der Waals surface area (Å²) in [5.41, 5.74) is 1.91. The molecule has 1 unspecified atom stereocenters. The molecule has 1 aliphatic heterocycles. The van der Waals surface area contributed by atoms with E-state index in [-0.39, 0.29) is 18.6 Å². The van der Waals surface area contributed by atoms with Crippen molar-refractivity contribution in [1.82, 2.24) is 4.90 Å². The lowest BCUT2D eigenvalue weighted by Crippen LogP contribution is -2.42. The minimum absolute atomic E-state index is 0.0656. The molecule has 0 aromatic heterocycles. The van der Waals surface area contributed by atoms with Gasteiger partial charge in [0, 0.05) is 11.0 Å². The number of amides is 1. The lowest BCUT2D eigenvalue weighted by molar-refractivity contribution is -0.117. The Morgan fingerprint density at radius 3 is 2.80 bits per heavy atom. The molecule has 0 aliphatic carbocycles. The molecule has 1 amide bonds. The van der Waals surface area contributed by atoms with E-state index in [4.69, 9.17) is 9.47 Å². The molecule has 1 N–H and O–H groups in total. The summed E-state index contributed by atoms with van der Waals surface area (Å²) in [7, 11) is 1.90. The molecule has 0 radical (unpaired) electrons. The average Bonchev–Trinajstić information content (AvgIpc) is 2.57. The second-order valence-corrected chi connectivity index (χ2v) is 7.08. The van der Waals surface area contributed by atoms with Crippen LogP contribution in [-0.2, 0) is 4.79 Å². The Balaban J connectivity index is 1.51. The molecule has 1 aliphatic rings. The topological polar surface area (TPSA) is 50.8 Å². The highest BCUT2D eigenvalue weighted by Gasteiger charge is 2.22. The molecule has 25 heavy (non-hydrogen) atoms. The van der Waals surface area contributed by atoms with Gasteiger partial charge in [0.05, 0.1) is 12.2 Å². The van der Waals surface area contributed by atoms with E-state index in [1.54, 1.807) is 0 Å². The highest BCUT2D eigenvalue weighted by molar-refractivity contribution is 9.10. The van der Waals surface area contributed by atoms with Gasteiger partial charge >= 0.3 is 0 Å². The fourth-order valence-electron chi connectivity index (χ4n) is 2.72. The molecule has 1 atom stereocenters. The second kappa shape index (κ2) is 7.89. The van der Waals surface area contributed by atoms with Gasteiger partial charge in [-0.15, -0.1) is 0 Å². The second-order valence-electron chi connectivity index (χ2n) is 6.23. The Morgan fingerprint density at radius 1 is 1.28 bits per heavy atom. The minimum Gasteiger partial charge on any atom is -0.486 e. The van der Waals surface area contributed by atoms with E-state index in [1.807, 2.05) is 61.3 Å². The first kappa shape index (κ1) is 17.8. The molecule has 5 nitrogen and oxygen atoms in total. The predicted octanol–water partition coefficient (Wildman–Crippen LogP) is 3.47. The molecule has 0 fully saturated rings. The third kappa shape index (κ3) is 4.74. The summed E-state index contributed by atoms with van der Waals surface area (Å²) in [5, 5.41) is 2.92. The van der Waals surface area contributed by atoms with E-state index in [0.29, 0.717) is 13.2 Å². The Hall–Kier alpha value is -2.05. The van der Waals surface area contributed by atoms with Crippen LogP contribution in [0.1, 0.15) is 5.56 Å². The number of ether oxygens (including phenoxy) is 2. The maximum atomic E-state index is 12.3. The third-order valence-electron chi connectivity index (χ3n) is 3.90. The number of carbonyl (C=O) groups excluding carboxylic acids is 1. The lowest BCUT2D eigenvalue weighted by Gasteiger charge is -2.29. The molecule has 0 saturated carbocycles. The van der Waals surface area contributed by atoms with Crippen molar-refractivity contribution < 1.29 is 14.3 Å². The van der Waals surface area contributed by atoms with E-state index >= 15 is 0 Å². The van der Waals surface area contributed by atoms with E-state index in [1.165, 1.54) is 0 Å². The van der Waals surface area contributed by atoms with Crippen LogP contribution in [0.4, 0.5) is 5.69 Å². The number of hydrogen-bond donors (Lipinski definition) is 1. The summed E-state index contributed by atoms with van der Waals surface area (Å²) in [4.78, 5) is 14.2. The van der Waals surface area contributed by atoms with E-state index in [2.05, 4.69) is 21.2 Å². The molecule has 6 heteroatoms. The van der Waals surface area contributed by atoms with Crippen molar-refractivity contribution in [3.05, 3.63) is 52.5 Å². The zero-order valence-electron chi connectivity index (χ0n) is 14.3. The van der Waals surface area contributed by atoms with Crippen LogP contribution in [0.5, 0.6) is 11.5 Å². The van der Waals surface area contributed by atoms with Crippen molar-refractivity contribution in [2.24, 2.45) is 0 Å². The number of aryl methyl sites for hydroxylation is 1. The molecule has 0 saturated heterocycles. The van der Waals surface area contributed by atoms with Gasteiger partial charge in [-0.1, -0.05) is 18.2 Å². The van der Waals surface area contributed by atoms with E-state index in [0.717, 1.165) is 27.2 Å². The van der Waals surface area contributed by atoms with Crippen LogP contribution < -0.4 is 14.8 Å². The number of hydrogen-bond acceptors (Lipinski definition) is 4. The van der Waals surface area contributed by atoms with Gasteiger partial charge in [-0.05, 0) is 59.7 Å². The summed E-state index contributed by atoms with van der Waals surface area (Å²) in [6.07, 6.45) is -0.0983. The zero-order chi connectivity index (χ0) is 17.8. The van der Waals surface area contributed by atoms with Gasteiger partial charge < -0.3 is 14.8 Å². The molecule has 2 aromatic carbocycles. The number of para-hydroxylation sites is 2. The average molecular weight is 405 g/mol. The summed E-state index contributed by atoms with van der Waals surface area (Å²) in [5.74, 6) is 1.45. The summed E-state index contributed by atoms with van der Waals surface area (Å²) >= 11 is 3.47. The summed E-state index contributed by atoms with van der Waals surface area (Å²) in [6.45, 7) is 3.37. The summed E-state index contributed by atoms with van der Waals surface area (Å²) < 4.78 is 12.5. The number of carbonyl (C=O) groups is 1. The number of benzene rings is 2. The molecule has 2 aromatic rings. The number of anilines is 1. The first-order valence-corrected chi connectivity index (χ1v) is 8.93. The van der Waals surface area contributed by atoms with Crippen LogP contribution in [0, 0.1) is 6.92 Å². The molecule has 0 spiro atoms. The Morgan fingerprint density at radius 2 is 2.04 bits per heavy atom. The van der Waals surface area contributed by atoms with Crippen molar-refractivity contribution in [3.63, 3.8) is 0 Å². The molecule has 3 rings (SSSR count). The van der Waals surface area contributed by atoms with Crippen LogP contribution in [0.3, 0.4) is 0 Å². The number of fused-ring (bicyclic) bond motifs is 1. The van der Waals surface area contributed by atoms with Gasteiger partial charge in [-0.25, -0.2) is 0 Å². The van der Waals surface area contributed by atoms with Crippen LogP contribution in [0.15, 0.2) is 46.9 Å². The highest BCUT2D eigenvalue weighted by atomic mass is 79.9. The van der Waals surface area contributed by atoms with Gasteiger partial charge in [0.1, 0.15) is 12.7 Å². The van der Waals surface area contributed by atoms with Gasteiger partial charge in [-0.2, -0.15) is 0 Å². The van der Waals surface area contributed by atoms with Crippen molar-refractivity contribution in [1.29, 1.82) is 0 Å². The number of rotatable bonds is 5. The Labute approximate surface area is 156 Å². The first-order chi connectivity index (χ1) is 12.0. The normalized spacial score (nSPS) is 15.9. The SMILES string of the molecule is Cc1ccc(NC(=O)CN(C)CC2COc3ccccc3O2)c(Br)c1. The van der Waals surface area contributed by atoms with Crippen molar-refractivity contribution >= 4 is 27.5 Å². The smallest absolute Gasteiger partial charge is 0.238 e. The van der Waals surface area contributed by atoms with Crippen molar-refractivity contribution in [2.75, 3.05) is 32.1 Å². The fraction of sp³-hybridized carbons (Fsp3) is 0.316. The zero-order valence-corrected chi connectivity index (χ0v) is 15.9. The van der Waals surface area contributed by atoms with Gasteiger partial charge in [-0.3, -0.25) is 9.69 Å². The maximum Gasteiger partial charge on any atom is 0.238 e. The molecule has 0 bridgehead atoms.